The molecule has 2 aromatic rings. The molecule has 17 heavy (non-hydrogen) atoms. The lowest BCUT2D eigenvalue weighted by molar-refractivity contribution is 0.797. The van der Waals surface area contributed by atoms with Gasteiger partial charge in [0.2, 0.25) is 0 Å². The Morgan fingerprint density at radius 1 is 1.24 bits per heavy atom. The smallest absolute Gasteiger partial charge is 0.137 e. The molecule has 0 unspecified atom stereocenters. The van der Waals surface area contributed by atoms with Crippen LogP contribution < -0.4 is 0 Å². The number of hydrogen-bond donors (Lipinski definition) is 0. The Labute approximate surface area is 105 Å². The predicted octanol–water partition coefficient (Wildman–Crippen LogP) is 2.64. The summed E-state index contributed by atoms with van der Waals surface area (Å²) in [6.07, 6.45) is 3.37. The van der Waals surface area contributed by atoms with Crippen molar-refractivity contribution in [1.29, 1.82) is 0 Å². The molecule has 0 aliphatic carbocycles. The molecule has 0 N–H and O–H groups in total. The molecule has 0 fully saturated rings. The maximum Gasteiger partial charge on any atom is 0.137 e. The first kappa shape index (κ1) is 11.7. The number of aromatic nitrogens is 3. The standard InChI is InChI=1S/C13H12ClN3/c14-10-6-2-5-9-13-11-15-16-17(13)12-7-3-1-4-8-12/h1,3-4,7-8,11H,2,6,10H2. The molecule has 1 aromatic heterocycles. The van der Waals surface area contributed by atoms with Crippen LogP contribution in [0.4, 0.5) is 0 Å². The van der Waals surface area contributed by atoms with Gasteiger partial charge < -0.3 is 0 Å². The van der Waals surface area contributed by atoms with Crippen LogP contribution in [0.3, 0.4) is 0 Å². The van der Waals surface area contributed by atoms with Crippen LogP contribution >= 0.6 is 11.6 Å². The van der Waals surface area contributed by atoms with Gasteiger partial charge in [0, 0.05) is 12.3 Å². The molecule has 86 valence electrons. The maximum absolute atomic E-state index is 5.59. The third kappa shape index (κ3) is 3.08. The molecule has 4 heteroatoms. The minimum Gasteiger partial charge on any atom is -0.205 e. The van der Waals surface area contributed by atoms with Crippen LogP contribution in [0.25, 0.3) is 5.69 Å². The van der Waals surface area contributed by atoms with Crippen molar-refractivity contribution in [3.8, 4) is 17.5 Å². The number of alkyl halides is 1. The third-order valence-corrected chi connectivity index (χ3v) is 2.47. The van der Waals surface area contributed by atoms with Gasteiger partial charge in [0.05, 0.1) is 11.9 Å². The van der Waals surface area contributed by atoms with Crippen molar-refractivity contribution in [2.24, 2.45) is 0 Å². The summed E-state index contributed by atoms with van der Waals surface area (Å²) in [6, 6.07) is 9.83. The summed E-state index contributed by atoms with van der Waals surface area (Å²) < 4.78 is 1.73. The monoisotopic (exact) mass is 245 g/mol. The Hall–Kier alpha value is -1.79. The van der Waals surface area contributed by atoms with E-state index in [-0.39, 0.29) is 0 Å². The predicted molar refractivity (Wildman–Crippen MR) is 68.2 cm³/mol. The number of rotatable bonds is 3. The van der Waals surface area contributed by atoms with Crippen molar-refractivity contribution >= 4 is 11.6 Å². The molecule has 1 heterocycles. The fraction of sp³-hybridized carbons (Fsp3) is 0.231. The highest BCUT2D eigenvalue weighted by Crippen LogP contribution is 2.07. The fourth-order valence-corrected chi connectivity index (χ4v) is 1.52. The SMILES string of the molecule is ClCCCC#Cc1cnnn1-c1ccccc1. The van der Waals surface area contributed by atoms with Gasteiger partial charge in [0.1, 0.15) is 5.69 Å². The average molecular weight is 246 g/mol. The summed E-state index contributed by atoms with van der Waals surface area (Å²) in [6.45, 7) is 0. The summed E-state index contributed by atoms with van der Waals surface area (Å²) in [5, 5.41) is 7.91. The molecule has 1 aromatic carbocycles. The summed E-state index contributed by atoms with van der Waals surface area (Å²) in [7, 11) is 0. The van der Waals surface area contributed by atoms with Gasteiger partial charge in [-0.3, -0.25) is 0 Å². The van der Waals surface area contributed by atoms with Crippen molar-refractivity contribution in [3.05, 3.63) is 42.2 Å². The van der Waals surface area contributed by atoms with Crippen molar-refractivity contribution in [1.82, 2.24) is 15.0 Å². The van der Waals surface area contributed by atoms with Gasteiger partial charge in [-0.25, -0.2) is 4.68 Å². The second-order valence-corrected chi connectivity index (χ2v) is 3.84. The van der Waals surface area contributed by atoms with Crippen LogP contribution in [0.2, 0.25) is 0 Å². The van der Waals surface area contributed by atoms with Crippen LogP contribution in [0.1, 0.15) is 18.5 Å². The van der Waals surface area contributed by atoms with Gasteiger partial charge in [-0.1, -0.05) is 29.3 Å². The van der Waals surface area contributed by atoms with E-state index >= 15 is 0 Å². The lowest BCUT2D eigenvalue weighted by Gasteiger charge is -2.00. The number of halogens is 1. The van der Waals surface area contributed by atoms with E-state index in [0.29, 0.717) is 5.88 Å². The first-order valence-electron chi connectivity index (χ1n) is 5.43. The van der Waals surface area contributed by atoms with E-state index in [1.165, 1.54) is 0 Å². The normalized spacial score (nSPS) is 9.71. The second kappa shape index (κ2) is 6.07. The number of para-hydroxylation sites is 1. The van der Waals surface area contributed by atoms with Crippen molar-refractivity contribution in [2.75, 3.05) is 5.88 Å². The van der Waals surface area contributed by atoms with Gasteiger partial charge in [-0.15, -0.1) is 16.7 Å². The lowest BCUT2D eigenvalue weighted by Crippen LogP contribution is -1.99. The molecule has 0 aliphatic rings. The Bertz CT molecular complexity index is 522. The highest BCUT2D eigenvalue weighted by Gasteiger charge is 2.01. The molecule has 2 rings (SSSR count). The van der Waals surface area contributed by atoms with E-state index in [2.05, 4.69) is 22.2 Å². The quantitative estimate of drug-likeness (QED) is 0.473. The first-order valence-corrected chi connectivity index (χ1v) is 5.96. The molecular weight excluding hydrogens is 234 g/mol. The Kier molecular flexibility index (Phi) is 4.17. The van der Waals surface area contributed by atoms with Crippen molar-refractivity contribution in [3.63, 3.8) is 0 Å². The molecular formula is C13H12ClN3. The molecule has 0 aliphatic heterocycles. The highest BCUT2D eigenvalue weighted by atomic mass is 35.5. The zero-order chi connectivity index (χ0) is 11.9. The van der Waals surface area contributed by atoms with Crippen LogP contribution in [0, 0.1) is 11.8 Å². The van der Waals surface area contributed by atoms with E-state index < -0.39 is 0 Å². The molecule has 0 bridgehead atoms. The maximum atomic E-state index is 5.59. The number of hydrogen-bond acceptors (Lipinski definition) is 2. The fourth-order valence-electron chi connectivity index (χ4n) is 1.39. The van der Waals surface area contributed by atoms with Gasteiger partial charge in [0.25, 0.3) is 0 Å². The van der Waals surface area contributed by atoms with Crippen LogP contribution in [-0.2, 0) is 0 Å². The molecule has 0 radical (unpaired) electrons. The number of benzene rings is 1. The van der Waals surface area contributed by atoms with Gasteiger partial charge >= 0.3 is 0 Å². The van der Waals surface area contributed by atoms with E-state index in [4.69, 9.17) is 11.6 Å². The van der Waals surface area contributed by atoms with Gasteiger partial charge in [-0.2, -0.15) is 0 Å². The largest absolute Gasteiger partial charge is 0.205 e. The van der Waals surface area contributed by atoms with E-state index in [9.17, 15) is 0 Å². The molecule has 0 saturated heterocycles. The summed E-state index contributed by atoms with van der Waals surface area (Å²) in [5.41, 5.74) is 1.76. The molecule has 0 atom stereocenters. The van der Waals surface area contributed by atoms with E-state index in [1.807, 2.05) is 30.3 Å². The average Bonchev–Trinajstić information content (AvgIpc) is 2.84. The summed E-state index contributed by atoms with van der Waals surface area (Å²) >= 11 is 5.59. The number of nitrogens with zero attached hydrogens (tertiary/aromatic N) is 3. The van der Waals surface area contributed by atoms with E-state index in [0.717, 1.165) is 24.2 Å². The lowest BCUT2D eigenvalue weighted by atomic mass is 10.3. The Balaban J connectivity index is 2.20. The van der Waals surface area contributed by atoms with Crippen molar-refractivity contribution in [2.45, 2.75) is 12.8 Å². The molecule has 3 nitrogen and oxygen atoms in total. The van der Waals surface area contributed by atoms with Crippen LogP contribution in [0.15, 0.2) is 36.5 Å². The van der Waals surface area contributed by atoms with Crippen molar-refractivity contribution < 1.29 is 0 Å². The zero-order valence-corrected chi connectivity index (χ0v) is 10.1. The topological polar surface area (TPSA) is 30.7 Å². The minimum atomic E-state index is 0.644. The summed E-state index contributed by atoms with van der Waals surface area (Å²) in [4.78, 5) is 0. The summed E-state index contributed by atoms with van der Waals surface area (Å²) in [5.74, 6) is 6.76. The Morgan fingerprint density at radius 3 is 2.82 bits per heavy atom. The van der Waals surface area contributed by atoms with E-state index in [1.54, 1.807) is 10.9 Å². The first-order chi connectivity index (χ1) is 8.42. The Morgan fingerprint density at radius 2 is 2.06 bits per heavy atom. The van der Waals surface area contributed by atoms with Crippen LogP contribution in [-0.4, -0.2) is 20.9 Å². The van der Waals surface area contributed by atoms with Gasteiger partial charge in [-0.05, 0) is 24.5 Å². The van der Waals surface area contributed by atoms with Gasteiger partial charge in [0.15, 0.2) is 0 Å². The minimum absolute atomic E-state index is 0.644. The molecule has 0 saturated carbocycles. The zero-order valence-electron chi connectivity index (χ0n) is 9.31. The number of unbranched alkanes of at least 4 members (excludes halogenated alkanes) is 1. The highest BCUT2D eigenvalue weighted by molar-refractivity contribution is 6.17. The molecule has 0 amide bonds. The molecule has 0 spiro atoms. The second-order valence-electron chi connectivity index (χ2n) is 3.46. The van der Waals surface area contributed by atoms with Crippen LogP contribution in [0.5, 0.6) is 0 Å². The third-order valence-electron chi connectivity index (χ3n) is 2.20.